The Morgan fingerprint density at radius 2 is 1.59 bits per heavy atom. The highest BCUT2D eigenvalue weighted by Gasteiger charge is 2.02. The lowest BCUT2D eigenvalue weighted by Crippen LogP contribution is -1.84. The van der Waals surface area contributed by atoms with E-state index in [0.717, 1.165) is 0 Å². The Balaban J connectivity index is 2.48. The molecule has 3 aromatic carbocycles. The van der Waals surface area contributed by atoms with Crippen molar-refractivity contribution in [2.45, 2.75) is 6.92 Å². The van der Waals surface area contributed by atoms with E-state index in [-0.39, 0.29) is 0 Å². The molecule has 0 heteroatoms. The fourth-order valence-electron chi connectivity index (χ4n) is 2.40. The summed E-state index contributed by atoms with van der Waals surface area (Å²) in [7, 11) is 0. The molecule has 0 saturated heterocycles. The summed E-state index contributed by atoms with van der Waals surface area (Å²) in [6.07, 6.45) is 1.92. The predicted molar refractivity (Wildman–Crippen MR) is 76.3 cm³/mol. The number of hydrogen-bond acceptors (Lipinski definition) is 0. The van der Waals surface area contributed by atoms with Crippen LogP contribution in [0.5, 0.6) is 0 Å². The van der Waals surface area contributed by atoms with Crippen LogP contribution in [-0.4, -0.2) is 0 Å². The van der Waals surface area contributed by atoms with Crippen LogP contribution >= 0.6 is 0 Å². The van der Waals surface area contributed by atoms with Gasteiger partial charge in [0.2, 0.25) is 0 Å². The summed E-state index contributed by atoms with van der Waals surface area (Å²) in [6.45, 7) is 6.02. The zero-order chi connectivity index (χ0) is 11.8. The molecule has 0 spiro atoms. The van der Waals surface area contributed by atoms with Gasteiger partial charge in [-0.2, -0.15) is 0 Å². The normalized spacial score (nSPS) is 10.9. The summed E-state index contributed by atoms with van der Waals surface area (Å²) in [6, 6.07) is 17.3. The maximum absolute atomic E-state index is 3.86. The number of rotatable bonds is 1. The van der Waals surface area contributed by atoms with Crippen molar-refractivity contribution < 1.29 is 0 Å². The van der Waals surface area contributed by atoms with Crippen LogP contribution in [0.1, 0.15) is 11.1 Å². The van der Waals surface area contributed by atoms with Gasteiger partial charge in [0.1, 0.15) is 0 Å². The molecule has 0 aromatic heterocycles. The number of fused-ring (bicyclic) bond motifs is 2. The van der Waals surface area contributed by atoms with E-state index < -0.39 is 0 Å². The van der Waals surface area contributed by atoms with Gasteiger partial charge in [-0.1, -0.05) is 49.1 Å². The first-order valence-electron chi connectivity index (χ1n) is 5.84. The number of aryl methyl sites for hydroxylation is 1. The van der Waals surface area contributed by atoms with Crippen LogP contribution in [0.25, 0.3) is 27.6 Å². The Hall–Kier alpha value is -2.08. The van der Waals surface area contributed by atoms with Crippen molar-refractivity contribution in [2.24, 2.45) is 0 Å². The first kappa shape index (κ1) is 10.1. The highest BCUT2D eigenvalue weighted by molar-refractivity contribution is 6.00. The summed E-state index contributed by atoms with van der Waals surface area (Å²) in [5, 5.41) is 5.21. The van der Waals surface area contributed by atoms with E-state index >= 15 is 0 Å². The quantitative estimate of drug-likeness (QED) is 0.507. The van der Waals surface area contributed by atoms with E-state index in [1.54, 1.807) is 0 Å². The maximum atomic E-state index is 3.86. The van der Waals surface area contributed by atoms with Gasteiger partial charge in [0.25, 0.3) is 0 Å². The molecule has 0 atom stereocenters. The molecule has 0 heterocycles. The molecule has 82 valence electrons. The minimum absolute atomic E-state index is 1.22. The molecule has 0 amide bonds. The zero-order valence-corrected chi connectivity index (χ0v) is 9.90. The number of hydrogen-bond donors (Lipinski definition) is 0. The molecule has 3 aromatic rings. The van der Waals surface area contributed by atoms with Gasteiger partial charge in [-0.15, -0.1) is 0 Å². The molecule has 0 N–H and O–H groups in total. The molecule has 0 aliphatic heterocycles. The first-order valence-corrected chi connectivity index (χ1v) is 5.84. The maximum Gasteiger partial charge on any atom is -0.0142 e. The third kappa shape index (κ3) is 1.53. The van der Waals surface area contributed by atoms with Gasteiger partial charge in [-0.25, -0.2) is 0 Å². The summed E-state index contributed by atoms with van der Waals surface area (Å²) < 4.78 is 0. The molecule has 0 aliphatic rings. The first-order chi connectivity index (χ1) is 8.29. The lowest BCUT2D eigenvalue weighted by molar-refractivity contribution is 1.50. The Labute approximate surface area is 101 Å². The second-order valence-electron chi connectivity index (χ2n) is 4.40. The molecule has 0 radical (unpaired) electrons. The van der Waals surface area contributed by atoms with E-state index in [4.69, 9.17) is 0 Å². The molecule has 0 saturated carbocycles. The van der Waals surface area contributed by atoms with Gasteiger partial charge < -0.3 is 0 Å². The largest absolute Gasteiger partial charge is 0.0985 e. The smallest absolute Gasteiger partial charge is 0.0142 e. The van der Waals surface area contributed by atoms with Crippen molar-refractivity contribution in [1.82, 2.24) is 0 Å². The van der Waals surface area contributed by atoms with Gasteiger partial charge in [-0.3, -0.25) is 0 Å². The lowest BCUT2D eigenvalue weighted by atomic mass is 9.97. The summed E-state index contributed by atoms with van der Waals surface area (Å²) >= 11 is 0. The average Bonchev–Trinajstić information content (AvgIpc) is 2.37. The van der Waals surface area contributed by atoms with Crippen molar-refractivity contribution >= 4 is 27.6 Å². The van der Waals surface area contributed by atoms with Crippen molar-refractivity contribution in [3.63, 3.8) is 0 Å². The van der Waals surface area contributed by atoms with E-state index in [2.05, 4.69) is 62.0 Å². The molecule has 3 rings (SSSR count). The van der Waals surface area contributed by atoms with Crippen molar-refractivity contribution in [3.8, 4) is 0 Å². The van der Waals surface area contributed by atoms with Crippen LogP contribution < -0.4 is 0 Å². The zero-order valence-electron chi connectivity index (χ0n) is 9.90. The van der Waals surface area contributed by atoms with Gasteiger partial charge in [0.05, 0.1) is 0 Å². The van der Waals surface area contributed by atoms with E-state index in [1.807, 2.05) is 6.08 Å². The van der Waals surface area contributed by atoms with Gasteiger partial charge >= 0.3 is 0 Å². The van der Waals surface area contributed by atoms with E-state index in [1.165, 1.54) is 32.7 Å². The Bertz CT molecular complexity index is 721. The van der Waals surface area contributed by atoms with Crippen LogP contribution in [0.15, 0.2) is 55.1 Å². The third-order valence-electron chi connectivity index (χ3n) is 3.42. The van der Waals surface area contributed by atoms with Gasteiger partial charge in [0, 0.05) is 0 Å². The fraction of sp³-hybridized carbons (Fsp3) is 0.0588. The molecule has 0 unspecified atom stereocenters. The van der Waals surface area contributed by atoms with Gasteiger partial charge in [0.15, 0.2) is 0 Å². The monoisotopic (exact) mass is 218 g/mol. The van der Waals surface area contributed by atoms with Crippen molar-refractivity contribution in [3.05, 3.63) is 66.2 Å². The van der Waals surface area contributed by atoms with Crippen LogP contribution in [0.2, 0.25) is 0 Å². The Morgan fingerprint density at radius 1 is 0.882 bits per heavy atom. The molecular weight excluding hydrogens is 204 g/mol. The standard InChI is InChI=1S/C17H14/c1-3-13-8-9-16-10-14-6-4-5-7-15(14)11-17(16)12(13)2/h3-11H,1H2,2H3. The van der Waals surface area contributed by atoms with Gasteiger partial charge in [-0.05, 0) is 51.7 Å². The third-order valence-corrected chi connectivity index (χ3v) is 3.42. The second-order valence-corrected chi connectivity index (χ2v) is 4.40. The summed E-state index contributed by atoms with van der Waals surface area (Å²) in [5.41, 5.74) is 2.52. The van der Waals surface area contributed by atoms with Crippen LogP contribution in [0, 0.1) is 6.92 Å². The van der Waals surface area contributed by atoms with E-state index in [9.17, 15) is 0 Å². The molecule has 0 bridgehead atoms. The lowest BCUT2D eigenvalue weighted by Gasteiger charge is -2.08. The molecule has 0 fully saturated rings. The van der Waals surface area contributed by atoms with Crippen LogP contribution in [0.4, 0.5) is 0 Å². The second kappa shape index (κ2) is 3.74. The van der Waals surface area contributed by atoms with Crippen molar-refractivity contribution in [1.29, 1.82) is 0 Å². The topological polar surface area (TPSA) is 0 Å². The number of benzene rings is 3. The highest BCUT2D eigenvalue weighted by Crippen LogP contribution is 2.27. The molecule has 0 aliphatic carbocycles. The van der Waals surface area contributed by atoms with Crippen molar-refractivity contribution in [2.75, 3.05) is 0 Å². The average molecular weight is 218 g/mol. The summed E-state index contributed by atoms with van der Waals surface area (Å²) in [5.74, 6) is 0. The highest BCUT2D eigenvalue weighted by atomic mass is 14.1. The fourth-order valence-corrected chi connectivity index (χ4v) is 2.40. The van der Waals surface area contributed by atoms with Crippen LogP contribution in [-0.2, 0) is 0 Å². The molecule has 17 heavy (non-hydrogen) atoms. The Kier molecular flexibility index (Phi) is 2.22. The molecular formula is C17H14. The predicted octanol–water partition coefficient (Wildman–Crippen LogP) is 4.94. The summed E-state index contributed by atoms with van der Waals surface area (Å²) in [4.78, 5) is 0. The minimum atomic E-state index is 1.22. The van der Waals surface area contributed by atoms with E-state index in [0.29, 0.717) is 0 Å². The van der Waals surface area contributed by atoms with Crippen LogP contribution in [0.3, 0.4) is 0 Å². The SMILES string of the molecule is C=Cc1ccc2cc3ccccc3cc2c1C. The minimum Gasteiger partial charge on any atom is -0.0985 e. The molecule has 0 nitrogen and oxygen atoms in total. The Morgan fingerprint density at radius 3 is 2.29 bits per heavy atom.